The van der Waals surface area contributed by atoms with Crippen LogP contribution in [0, 0.1) is 18.2 Å². The maximum absolute atomic E-state index is 13.3. The molecule has 8 heteroatoms. The van der Waals surface area contributed by atoms with Gasteiger partial charge >= 0.3 is 5.97 Å². The van der Waals surface area contributed by atoms with E-state index in [-0.39, 0.29) is 17.7 Å². The van der Waals surface area contributed by atoms with Crippen molar-refractivity contribution in [3.8, 4) is 16.9 Å². The SMILES string of the molecule is Cc1nc(CN2C3CCC2CN(C)C3)c(-c2ccc(OCCc3ccc(F)cc3)cc2)c(N2CCC(C)(C)CC2)c1CC(=O)O. The second-order valence-corrected chi connectivity index (χ2v) is 14.1. The maximum atomic E-state index is 13.3. The second kappa shape index (κ2) is 13.1. The fourth-order valence-electron chi connectivity index (χ4n) is 7.54. The summed E-state index contributed by atoms with van der Waals surface area (Å²) in [5.74, 6) is -0.300. The van der Waals surface area contributed by atoms with Gasteiger partial charge in [-0.2, -0.15) is 0 Å². The van der Waals surface area contributed by atoms with Crippen LogP contribution in [0.15, 0.2) is 48.5 Å². The van der Waals surface area contributed by atoms with E-state index in [9.17, 15) is 14.3 Å². The predicted octanol–water partition coefficient (Wildman–Crippen LogP) is 6.35. The molecule has 4 heterocycles. The molecule has 6 rings (SSSR count). The quantitative estimate of drug-likeness (QED) is 0.286. The summed E-state index contributed by atoms with van der Waals surface area (Å²) in [6, 6.07) is 15.8. The number of piperazine rings is 1. The van der Waals surface area contributed by atoms with Gasteiger partial charge in [0.1, 0.15) is 11.6 Å². The van der Waals surface area contributed by atoms with E-state index in [1.165, 1.54) is 25.0 Å². The Morgan fingerprint density at radius 2 is 1.67 bits per heavy atom. The van der Waals surface area contributed by atoms with Crippen molar-refractivity contribution in [2.24, 2.45) is 5.41 Å². The summed E-state index contributed by atoms with van der Waals surface area (Å²) < 4.78 is 19.4. The molecule has 0 saturated carbocycles. The molecule has 2 atom stereocenters. The lowest BCUT2D eigenvalue weighted by Crippen LogP contribution is -2.51. The van der Waals surface area contributed by atoms with E-state index < -0.39 is 5.97 Å². The lowest BCUT2D eigenvalue weighted by Gasteiger charge is -2.42. The monoisotopic (exact) mass is 614 g/mol. The van der Waals surface area contributed by atoms with Crippen molar-refractivity contribution in [3.05, 3.63) is 76.9 Å². The van der Waals surface area contributed by atoms with E-state index >= 15 is 0 Å². The molecular weight excluding hydrogens is 567 g/mol. The number of hydrogen-bond donors (Lipinski definition) is 1. The van der Waals surface area contributed by atoms with E-state index in [1.54, 1.807) is 12.1 Å². The zero-order chi connectivity index (χ0) is 31.7. The number of likely N-dealkylation sites (tertiary alicyclic amines) is 1. The molecule has 3 aliphatic heterocycles. The largest absolute Gasteiger partial charge is 0.493 e. The molecule has 2 unspecified atom stereocenters. The van der Waals surface area contributed by atoms with Gasteiger partial charge in [-0.05, 0) is 80.5 Å². The Balaban J connectivity index is 1.36. The molecule has 0 amide bonds. The fraction of sp³-hybridized carbons (Fsp3) is 0.514. The maximum Gasteiger partial charge on any atom is 0.307 e. The average Bonchev–Trinajstić information content (AvgIpc) is 3.23. The number of likely N-dealkylation sites (N-methyl/N-ethyl adjacent to an activating group) is 1. The summed E-state index contributed by atoms with van der Waals surface area (Å²) in [6.07, 6.45) is 5.16. The standard InChI is InChI=1S/C37H47FN4O3/c1-25-32(21-34(43)44)36(41-18-16-37(2,3)17-19-41)35(33(39-25)24-42-29-11-12-30(42)23-40(4)22-29)27-7-13-31(14-8-27)45-20-15-26-5-9-28(38)10-6-26/h5-10,13-14,29-30H,11-12,15-24H2,1-4H3,(H,43,44). The number of hydrogen-bond acceptors (Lipinski definition) is 6. The molecule has 1 N–H and O–H groups in total. The third-order valence-electron chi connectivity index (χ3n) is 10.2. The summed E-state index contributed by atoms with van der Waals surface area (Å²) in [5, 5.41) is 10.0. The zero-order valence-electron chi connectivity index (χ0n) is 27.2. The minimum atomic E-state index is -0.834. The van der Waals surface area contributed by atoms with Crippen molar-refractivity contribution in [2.75, 3.05) is 44.7 Å². The van der Waals surface area contributed by atoms with Gasteiger partial charge in [0, 0.05) is 68.0 Å². The Bertz CT molecular complexity index is 1480. The molecule has 7 nitrogen and oxygen atoms in total. The van der Waals surface area contributed by atoms with Gasteiger partial charge in [-0.15, -0.1) is 0 Å². The van der Waals surface area contributed by atoms with Crippen molar-refractivity contribution in [1.29, 1.82) is 0 Å². The van der Waals surface area contributed by atoms with Crippen LogP contribution in [0.3, 0.4) is 0 Å². The van der Waals surface area contributed by atoms with Gasteiger partial charge in [0.2, 0.25) is 0 Å². The molecule has 0 spiro atoms. The number of nitrogens with zero attached hydrogens (tertiary/aromatic N) is 4. The number of aromatic nitrogens is 1. The lowest BCUT2D eigenvalue weighted by atomic mass is 9.82. The Kier molecular flexibility index (Phi) is 9.16. The molecule has 3 aromatic rings. The Morgan fingerprint density at radius 1 is 1.02 bits per heavy atom. The fourth-order valence-corrected chi connectivity index (χ4v) is 7.54. The predicted molar refractivity (Wildman–Crippen MR) is 176 cm³/mol. The van der Waals surface area contributed by atoms with Gasteiger partial charge in [-0.3, -0.25) is 14.7 Å². The van der Waals surface area contributed by atoms with Crippen molar-refractivity contribution in [1.82, 2.24) is 14.8 Å². The highest BCUT2D eigenvalue weighted by Crippen LogP contribution is 2.43. The van der Waals surface area contributed by atoms with Crippen LogP contribution in [0.4, 0.5) is 10.1 Å². The zero-order valence-corrected chi connectivity index (χ0v) is 27.2. The first-order valence-electron chi connectivity index (χ1n) is 16.5. The van der Waals surface area contributed by atoms with E-state index in [2.05, 4.69) is 47.7 Å². The molecule has 3 saturated heterocycles. The summed E-state index contributed by atoms with van der Waals surface area (Å²) in [6.45, 7) is 11.8. The molecule has 45 heavy (non-hydrogen) atoms. The van der Waals surface area contributed by atoms with Crippen LogP contribution in [0.5, 0.6) is 5.75 Å². The van der Waals surface area contributed by atoms with Crippen molar-refractivity contribution in [3.63, 3.8) is 0 Å². The summed E-state index contributed by atoms with van der Waals surface area (Å²) >= 11 is 0. The molecule has 0 radical (unpaired) electrons. The smallest absolute Gasteiger partial charge is 0.307 e. The highest BCUT2D eigenvalue weighted by atomic mass is 19.1. The number of benzene rings is 2. The minimum Gasteiger partial charge on any atom is -0.493 e. The lowest BCUT2D eigenvalue weighted by molar-refractivity contribution is -0.136. The molecule has 1 aromatic heterocycles. The van der Waals surface area contributed by atoms with Crippen LogP contribution in [0.25, 0.3) is 11.1 Å². The van der Waals surface area contributed by atoms with Gasteiger partial charge in [-0.1, -0.05) is 38.1 Å². The molecule has 2 bridgehead atoms. The topological polar surface area (TPSA) is 69.1 Å². The first-order chi connectivity index (χ1) is 21.6. The second-order valence-electron chi connectivity index (χ2n) is 14.1. The molecular formula is C37H47FN4O3. The Morgan fingerprint density at radius 3 is 2.29 bits per heavy atom. The number of rotatable bonds is 10. The third kappa shape index (κ3) is 7.17. The van der Waals surface area contributed by atoms with Gasteiger partial charge < -0.3 is 19.6 Å². The number of piperidine rings is 1. The van der Waals surface area contributed by atoms with Crippen molar-refractivity contribution >= 4 is 11.7 Å². The summed E-state index contributed by atoms with van der Waals surface area (Å²) in [4.78, 5) is 24.9. The van der Waals surface area contributed by atoms with Crippen LogP contribution in [-0.2, 0) is 24.2 Å². The number of carboxylic acid groups (broad SMARTS) is 1. The third-order valence-corrected chi connectivity index (χ3v) is 10.2. The summed E-state index contributed by atoms with van der Waals surface area (Å²) in [7, 11) is 2.22. The van der Waals surface area contributed by atoms with E-state index in [1.807, 2.05) is 19.1 Å². The number of pyridine rings is 1. The van der Waals surface area contributed by atoms with Crippen LogP contribution in [0.1, 0.15) is 62.0 Å². The molecule has 3 aliphatic rings. The van der Waals surface area contributed by atoms with Gasteiger partial charge in [0.05, 0.1) is 24.4 Å². The number of aliphatic carboxylic acids is 1. The van der Waals surface area contributed by atoms with Crippen molar-refractivity contribution < 1.29 is 19.0 Å². The number of carboxylic acids is 1. The van der Waals surface area contributed by atoms with Crippen LogP contribution in [-0.4, -0.2) is 77.8 Å². The minimum absolute atomic E-state index is 0.0499. The Hall–Kier alpha value is -3.49. The normalized spacial score (nSPS) is 21.7. The van der Waals surface area contributed by atoms with Crippen LogP contribution < -0.4 is 9.64 Å². The molecule has 2 aromatic carbocycles. The van der Waals surface area contributed by atoms with Gasteiger partial charge in [-0.25, -0.2) is 4.39 Å². The number of halogens is 1. The molecule has 240 valence electrons. The van der Waals surface area contributed by atoms with E-state index in [0.29, 0.717) is 25.1 Å². The van der Waals surface area contributed by atoms with Gasteiger partial charge in [0.15, 0.2) is 0 Å². The van der Waals surface area contributed by atoms with Gasteiger partial charge in [0.25, 0.3) is 0 Å². The van der Waals surface area contributed by atoms with E-state index in [0.717, 1.165) is 90.6 Å². The van der Waals surface area contributed by atoms with Crippen LogP contribution in [0.2, 0.25) is 0 Å². The highest BCUT2D eigenvalue weighted by molar-refractivity contribution is 5.86. The molecule has 0 aliphatic carbocycles. The van der Waals surface area contributed by atoms with Crippen LogP contribution >= 0.6 is 0 Å². The molecule has 3 fully saturated rings. The number of aryl methyl sites for hydroxylation is 1. The number of anilines is 1. The average molecular weight is 615 g/mol. The summed E-state index contributed by atoms with van der Waals surface area (Å²) in [5.41, 5.74) is 7.11. The number of carbonyl (C=O) groups is 1. The first kappa shape index (κ1) is 31.5. The number of ether oxygens (including phenoxy) is 1. The van der Waals surface area contributed by atoms with Crippen molar-refractivity contribution in [2.45, 2.75) is 77.9 Å². The van der Waals surface area contributed by atoms with E-state index in [4.69, 9.17) is 9.72 Å². The Labute approximate surface area is 267 Å². The first-order valence-corrected chi connectivity index (χ1v) is 16.5. The highest BCUT2D eigenvalue weighted by Gasteiger charge is 2.40. The number of fused-ring (bicyclic) bond motifs is 2.